The minimum atomic E-state index is -0.781. The third-order valence-corrected chi connectivity index (χ3v) is 14.9. The molecule has 0 radical (unpaired) electrons. The average molecular weight is 1090 g/mol. The molecule has 1 atom stereocenters. The fourth-order valence-electron chi connectivity index (χ4n) is 9.77. The average Bonchev–Trinajstić information content (AvgIpc) is 3.44. The van der Waals surface area contributed by atoms with E-state index in [2.05, 4.69) is 93.7 Å². The topological polar surface area (TPSA) is 78.9 Å². The molecule has 0 heterocycles. The van der Waals surface area contributed by atoms with E-state index in [0.29, 0.717) is 19.3 Å². The first-order valence-corrected chi connectivity index (χ1v) is 33.9. The Labute approximate surface area is 484 Å². The lowest BCUT2D eigenvalue weighted by Crippen LogP contribution is -2.30. The molecule has 0 spiro atoms. The first kappa shape index (κ1) is 74.8. The van der Waals surface area contributed by atoms with Gasteiger partial charge in [0.1, 0.15) is 13.2 Å². The highest BCUT2D eigenvalue weighted by Gasteiger charge is 2.19. The van der Waals surface area contributed by atoms with Gasteiger partial charge in [0.2, 0.25) is 0 Å². The highest BCUT2D eigenvalue weighted by Crippen LogP contribution is 2.17. The van der Waals surface area contributed by atoms with Crippen LogP contribution in [0.2, 0.25) is 0 Å². The summed E-state index contributed by atoms with van der Waals surface area (Å²) in [7, 11) is 0. The van der Waals surface area contributed by atoms with Crippen molar-refractivity contribution in [1.82, 2.24) is 0 Å². The summed E-state index contributed by atoms with van der Waals surface area (Å²) in [6, 6.07) is 0. The fourth-order valence-corrected chi connectivity index (χ4v) is 9.77. The van der Waals surface area contributed by atoms with Crippen molar-refractivity contribution >= 4 is 17.9 Å². The molecular weight excluding hydrogens is 961 g/mol. The lowest BCUT2D eigenvalue weighted by atomic mass is 10.0. The number of allylic oxidation sites excluding steroid dienone is 12. The molecule has 6 nitrogen and oxygen atoms in total. The number of carbonyl (C=O) groups is 3. The van der Waals surface area contributed by atoms with Crippen LogP contribution in [0, 0.1) is 0 Å². The van der Waals surface area contributed by atoms with Crippen LogP contribution < -0.4 is 0 Å². The second kappa shape index (κ2) is 66.4. The molecule has 0 aliphatic rings. The van der Waals surface area contributed by atoms with Crippen molar-refractivity contribution in [2.24, 2.45) is 0 Å². The monoisotopic (exact) mass is 1090 g/mol. The molecule has 6 heteroatoms. The molecule has 0 aromatic carbocycles. The normalized spacial score (nSPS) is 12.5. The van der Waals surface area contributed by atoms with Gasteiger partial charge in [-0.2, -0.15) is 0 Å². The number of carbonyl (C=O) groups excluding carboxylic acids is 3. The first-order chi connectivity index (χ1) is 38.5. The van der Waals surface area contributed by atoms with Crippen molar-refractivity contribution in [2.45, 2.75) is 354 Å². The molecule has 0 rings (SSSR count). The maximum atomic E-state index is 12.9. The SMILES string of the molecule is CCCCC/C=C\C/C=C\CCCCCCCCCCCC(=O)OC(COC(=O)CCCCCCC/C=C\CCCCC)COC(=O)CCCCCCCCCCCCCCCC/C=C\C/C=C\C/C=C\CCCCCCC. The second-order valence-corrected chi connectivity index (χ2v) is 22.7. The van der Waals surface area contributed by atoms with Gasteiger partial charge in [-0.15, -0.1) is 0 Å². The van der Waals surface area contributed by atoms with Crippen LogP contribution in [0.3, 0.4) is 0 Å². The number of esters is 3. The molecule has 0 aromatic rings. The summed E-state index contributed by atoms with van der Waals surface area (Å²) in [4.78, 5) is 38.3. The van der Waals surface area contributed by atoms with E-state index in [4.69, 9.17) is 14.2 Å². The summed E-state index contributed by atoms with van der Waals surface area (Å²) in [6.45, 7) is 6.61. The molecule has 0 bridgehead atoms. The van der Waals surface area contributed by atoms with Gasteiger partial charge in [0, 0.05) is 19.3 Å². The van der Waals surface area contributed by atoms with Gasteiger partial charge in [-0.3, -0.25) is 14.4 Å². The zero-order valence-corrected chi connectivity index (χ0v) is 51.9. The number of ether oxygens (including phenoxy) is 3. The fraction of sp³-hybridized carbons (Fsp3) is 0.792. The number of rotatable bonds is 62. The van der Waals surface area contributed by atoms with E-state index >= 15 is 0 Å². The minimum absolute atomic E-state index is 0.0778. The number of hydrogen-bond acceptors (Lipinski definition) is 6. The summed E-state index contributed by atoms with van der Waals surface area (Å²) in [6.07, 6.45) is 86.3. The van der Waals surface area contributed by atoms with Crippen LogP contribution in [0.25, 0.3) is 0 Å². The number of unbranched alkanes of at least 4 members (excludes halogenated alkanes) is 39. The molecule has 0 fully saturated rings. The van der Waals surface area contributed by atoms with Crippen LogP contribution in [0.15, 0.2) is 72.9 Å². The summed E-state index contributed by atoms with van der Waals surface area (Å²) >= 11 is 0. The Bertz CT molecular complexity index is 1440. The highest BCUT2D eigenvalue weighted by molar-refractivity contribution is 5.71. The van der Waals surface area contributed by atoms with Gasteiger partial charge in [0.05, 0.1) is 0 Å². The van der Waals surface area contributed by atoms with Crippen LogP contribution in [-0.4, -0.2) is 37.2 Å². The van der Waals surface area contributed by atoms with E-state index in [1.54, 1.807) is 0 Å². The molecule has 78 heavy (non-hydrogen) atoms. The summed E-state index contributed by atoms with van der Waals surface area (Å²) < 4.78 is 16.9. The standard InChI is InChI=1S/C72H128O6/c1-4-7-10-13-16-19-22-25-27-29-31-32-33-34-35-36-37-38-39-40-42-43-45-47-50-53-56-59-62-65-71(74)77-68-69(67-76-70(73)64-61-58-55-52-49-24-21-18-15-12-9-6-3)78-72(75)66-63-60-57-54-51-48-46-44-41-30-28-26-23-20-17-14-11-8-5-2/h17-18,20-22,25-26,28-29,31,33-34,69H,4-16,19,23-24,27,30,32,35-68H2,1-3H3/b20-17-,21-18-,25-22-,28-26-,31-29-,34-33-. The largest absolute Gasteiger partial charge is 0.462 e. The van der Waals surface area contributed by atoms with E-state index in [1.165, 1.54) is 225 Å². The molecule has 0 aromatic heterocycles. The molecule has 0 saturated carbocycles. The van der Waals surface area contributed by atoms with Gasteiger partial charge < -0.3 is 14.2 Å². The Balaban J connectivity index is 4.22. The van der Waals surface area contributed by atoms with Crippen molar-refractivity contribution in [2.75, 3.05) is 13.2 Å². The Morgan fingerprint density at radius 2 is 0.462 bits per heavy atom. The molecule has 0 amide bonds. The van der Waals surface area contributed by atoms with E-state index in [-0.39, 0.29) is 31.1 Å². The van der Waals surface area contributed by atoms with Crippen LogP contribution in [0.1, 0.15) is 348 Å². The van der Waals surface area contributed by atoms with E-state index in [9.17, 15) is 14.4 Å². The van der Waals surface area contributed by atoms with E-state index in [1.807, 2.05) is 0 Å². The van der Waals surface area contributed by atoms with Crippen LogP contribution in [-0.2, 0) is 28.6 Å². The van der Waals surface area contributed by atoms with Gasteiger partial charge in [-0.05, 0) is 116 Å². The minimum Gasteiger partial charge on any atom is -0.462 e. The Hall–Kier alpha value is -3.15. The predicted octanol–water partition coefficient (Wildman–Crippen LogP) is 23.3. The maximum Gasteiger partial charge on any atom is 0.306 e. The van der Waals surface area contributed by atoms with E-state index < -0.39 is 6.10 Å². The maximum absolute atomic E-state index is 12.9. The lowest BCUT2D eigenvalue weighted by Gasteiger charge is -2.18. The van der Waals surface area contributed by atoms with E-state index in [0.717, 1.165) is 83.5 Å². The van der Waals surface area contributed by atoms with Crippen LogP contribution in [0.4, 0.5) is 0 Å². The first-order valence-electron chi connectivity index (χ1n) is 33.9. The Morgan fingerprint density at radius 1 is 0.256 bits per heavy atom. The smallest absolute Gasteiger partial charge is 0.306 e. The quantitative estimate of drug-likeness (QED) is 0.0261. The molecule has 0 saturated heterocycles. The molecule has 0 aliphatic carbocycles. The number of hydrogen-bond donors (Lipinski definition) is 0. The predicted molar refractivity (Wildman–Crippen MR) is 339 cm³/mol. The summed E-state index contributed by atoms with van der Waals surface area (Å²) in [5.41, 5.74) is 0. The third kappa shape index (κ3) is 63.7. The van der Waals surface area contributed by atoms with Crippen molar-refractivity contribution in [3.8, 4) is 0 Å². The molecule has 0 N–H and O–H groups in total. The molecular formula is C72H128O6. The summed E-state index contributed by atoms with van der Waals surface area (Å²) in [5, 5.41) is 0. The summed E-state index contributed by atoms with van der Waals surface area (Å²) in [5.74, 6) is -0.876. The van der Waals surface area contributed by atoms with Gasteiger partial charge in [0.25, 0.3) is 0 Å². The van der Waals surface area contributed by atoms with Crippen molar-refractivity contribution in [1.29, 1.82) is 0 Å². The zero-order chi connectivity index (χ0) is 56.4. The van der Waals surface area contributed by atoms with Gasteiger partial charge in [-0.1, -0.05) is 286 Å². The molecule has 452 valence electrons. The van der Waals surface area contributed by atoms with Crippen LogP contribution in [0.5, 0.6) is 0 Å². The van der Waals surface area contributed by atoms with Crippen molar-refractivity contribution < 1.29 is 28.6 Å². The van der Waals surface area contributed by atoms with Crippen molar-refractivity contribution in [3.63, 3.8) is 0 Å². The van der Waals surface area contributed by atoms with Gasteiger partial charge >= 0.3 is 17.9 Å². The van der Waals surface area contributed by atoms with Gasteiger partial charge in [0.15, 0.2) is 6.10 Å². The Morgan fingerprint density at radius 3 is 0.756 bits per heavy atom. The van der Waals surface area contributed by atoms with Crippen molar-refractivity contribution in [3.05, 3.63) is 72.9 Å². The van der Waals surface area contributed by atoms with Gasteiger partial charge in [-0.25, -0.2) is 0 Å². The Kier molecular flexibility index (Phi) is 63.7. The molecule has 0 aliphatic heterocycles. The third-order valence-electron chi connectivity index (χ3n) is 14.9. The second-order valence-electron chi connectivity index (χ2n) is 22.7. The highest BCUT2D eigenvalue weighted by atomic mass is 16.6. The lowest BCUT2D eigenvalue weighted by molar-refractivity contribution is -0.167. The zero-order valence-electron chi connectivity index (χ0n) is 51.9. The molecule has 1 unspecified atom stereocenters. The van der Waals surface area contributed by atoms with Crippen LogP contribution >= 0.6 is 0 Å².